The summed E-state index contributed by atoms with van der Waals surface area (Å²) < 4.78 is 0. The minimum absolute atomic E-state index is 0.281. The fraction of sp³-hybridized carbons (Fsp3) is 0.0667. The molecule has 1 heteroatoms. The van der Waals surface area contributed by atoms with Crippen LogP contribution in [0.5, 0.6) is 5.75 Å². The SMILES string of the molecule is Oc1cccc2c1C=CC2c1ccccc1. The number of phenolic OH excluding ortho intramolecular Hbond substituents is 1. The van der Waals surface area contributed by atoms with Crippen LogP contribution in [0.25, 0.3) is 6.08 Å². The topological polar surface area (TPSA) is 20.2 Å². The third kappa shape index (κ3) is 1.33. The van der Waals surface area contributed by atoms with Crippen LogP contribution in [0.1, 0.15) is 22.6 Å². The molecule has 0 aliphatic heterocycles. The van der Waals surface area contributed by atoms with Gasteiger partial charge in [0.15, 0.2) is 0 Å². The first-order valence-corrected chi connectivity index (χ1v) is 5.41. The van der Waals surface area contributed by atoms with Crippen molar-refractivity contribution in [3.8, 4) is 5.75 Å². The van der Waals surface area contributed by atoms with E-state index in [1.165, 1.54) is 11.1 Å². The highest BCUT2D eigenvalue weighted by atomic mass is 16.3. The number of phenols is 1. The maximum atomic E-state index is 9.74. The molecular weight excluding hydrogens is 196 g/mol. The van der Waals surface area contributed by atoms with Crippen LogP contribution in [0.3, 0.4) is 0 Å². The molecule has 1 nitrogen and oxygen atoms in total. The molecule has 1 N–H and O–H groups in total. The zero-order valence-corrected chi connectivity index (χ0v) is 8.80. The maximum Gasteiger partial charge on any atom is 0.123 e. The van der Waals surface area contributed by atoms with Crippen molar-refractivity contribution in [1.29, 1.82) is 0 Å². The minimum Gasteiger partial charge on any atom is -0.507 e. The monoisotopic (exact) mass is 208 g/mol. The van der Waals surface area contributed by atoms with E-state index in [1.54, 1.807) is 6.07 Å². The second-order valence-corrected chi connectivity index (χ2v) is 4.03. The van der Waals surface area contributed by atoms with Crippen LogP contribution in [-0.2, 0) is 0 Å². The molecule has 1 aliphatic carbocycles. The van der Waals surface area contributed by atoms with Crippen molar-refractivity contribution in [2.75, 3.05) is 0 Å². The molecule has 1 aliphatic rings. The van der Waals surface area contributed by atoms with E-state index in [4.69, 9.17) is 0 Å². The molecule has 0 amide bonds. The highest BCUT2D eigenvalue weighted by molar-refractivity contribution is 5.69. The highest BCUT2D eigenvalue weighted by Crippen LogP contribution is 2.38. The number of allylic oxidation sites excluding steroid dienone is 1. The number of hydrogen-bond acceptors (Lipinski definition) is 1. The largest absolute Gasteiger partial charge is 0.507 e. The van der Waals surface area contributed by atoms with Crippen molar-refractivity contribution < 1.29 is 5.11 Å². The third-order valence-electron chi connectivity index (χ3n) is 3.07. The lowest BCUT2D eigenvalue weighted by Crippen LogP contribution is -1.95. The molecule has 0 saturated heterocycles. The van der Waals surface area contributed by atoms with Crippen LogP contribution >= 0.6 is 0 Å². The molecule has 0 spiro atoms. The van der Waals surface area contributed by atoms with Gasteiger partial charge in [0.05, 0.1) is 0 Å². The summed E-state index contributed by atoms with van der Waals surface area (Å²) in [6, 6.07) is 16.1. The second kappa shape index (κ2) is 3.53. The van der Waals surface area contributed by atoms with Gasteiger partial charge in [-0.25, -0.2) is 0 Å². The van der Waals surface area contributed by atoms with E-state index in [9.17, 15) is 5.11 Å². The molecule has 0 aromatic heterocycles. The van der Waals surface area contributed by atoms with E-state index in [0.29, 0.717) is 5.75 Å². The van der Waals surface area contributed by atoms with Gasteiger partial charge in [0.1, 0.15) is 5.75 Å². The summed E-state index contributed by atoms with van der Waals surface area (Å²) in [7, 11) is 0. The van der Waals surface area contributed by atoms with Gasteiger partial charge in [0.2, 0.25) is 0 Å². The van der Waals surface area contributed by atoms with Gasteiger partial charge in [-0.3, -0.25) is 0 Å². The zero-order valence-electron chi connectivity index (χ0n) is 8.80. The van der Waals surface area contributed by atoms with E-state index < -0.39 is 0 Å². The van der Waals surface area contributed by atoms with Gasteiger partial charge in [0.25, 0.3) is 0 Å². The Labute approximate surface area is 94.7 Å². The Bertz CT molecular complexity index is 541. The summed E-state index contributed by atoms with van der Waals surface area (Å²) in [5.41, 5.74) is 3.41. The third-order valence-corrected chi connectivity index (χ3v) is 3.07. The summed E-state index contributed by atoms with van der Waals surface area (Å²) in [5.74, 6) is 0.649. The summed E-state index contributed by atoms with van der Waals surface area (Å²) in [4.78, 5) is 0. The van der Waals surface area contributed by atoms with Gasteiger partial charge in [-0.1, -0.05) is 54.6 Å². The predicted octanol–water partition coefficient (Wildman–Crippen LogP) is 3.55. The number of aromatic hydroxyl groups is 1. The normalized spacial score (nSPS) is 17.4. The predicted molar refractivity (Wildman–Crippen MR) is 65.4 cm³/mol. The van der Waals surface area contributed by atoms with E-state index in [0.717, 1.165) is 5.56 Å². The molecule has 0 bridgehead atoms. The van der Waals surface area contributed by atoms with Crippen LogP contribution in [0.2, 0.25) is 0 Å². The van der Waals surface area contributed by atoms with Crippen LogP contribution < -0.4 is 0 Å². The average Bonchev–Trinajstić information content (AvgIpc) is 2.75. The van der Waals surface area contributed by atoms with E-state index >= 15 is 0 Å². The Morgan fingerprint density at radius 3 is 2.50 bits per heavy atom. The standard InChI is InChI=1S/C15H12O/c16-15-8-4-7-13-12(9-10-14(13)15)11-5-2-1-3-6-11/h1-10,12,16H. The molecule has 1 unspecified atom stereocenters. The van der Waals surface area contributed by atoms with Gasteiger partial charge < -0.3 is 5.11 Å². The van der Waals surface area contributed by atoms with Gasteiger partial charge in [-0.2, -0.15) is 0 Å². The number of hydrogen-bond donors (Lipinski definition) is 1. The van der Waals surface area contributed by atoms with E-state index in [-0.39, 0.29) is 5.92 Å². The molecule has 16 heavy (non-hydrogen) atoms. The van der Waals surface area contributed by atoms with Crippen molar-refractivity contribution in [1.82, 2.24) is 0 Å². The smallest absolute Gasteiger partial charge is 0.123 e. The van der Waals surface area contributed by atoms with Gasteiger partial charge in [-0.15, -0.1) is 0 Å². The van der Waals surface area contributed by atoms with Gasteiger partial charge in [-0.05, 0) is 17.2 Å². The molecule has 0 heterocycles. The summed E-state index contributed by atoms with van der Waals surface area (Å²) in [6.07, 6.45) is 4.14. The first-order chi connectivity index (χ1) is 7.86. The van der Waals surface area contributed by atoms with Crippen LogP contribution in [-0.4, -0.2) is 5.11 Å². The first kappa shape index (κ1) is 9.22. The van der Waals surface area contributed by atoms with Crippen molar-refractivity contribution in [2.45, 2.75) is 5.92 Å². The van der Waals surface area contributed by atoms with Gasteiger partial charge in [0, 0.05) is 11.5 Å². The van der Waals surface area contributed by atoms with E-state index in [1.807, 2.05) is 30.3 Å². The molecular formula is C15H12O. The Kier molecular flexibility index (Phi) is 2.03. The molecule has 2 aromatic carbocycles. The lowest BCUT2D eigenvalue weighted by Gasteiger charge is -2.11. The first-order valence-electron chi connectivity index (χ1n) is 5.41. The van der Waals surface area contributed by atoms with Crippen LogP contribution in [0.4, 0.5) is 0 Å². The molecule has 1 atom stereocenters. The Balaban J connectivity index is 2.11. The van der Waals surface area contributed by atoms with Gasteiger partial charge >= 0.3 is 0 Å². The fourth-order valence-electron chi connectivity index (χ4n) is 2.27. The fourth-order valence-corrected chi connectivity index (χ4v) is 2.27. The highest BCUT2D eigenvalue weighted by Gasteiger charge is 2.20. The average molecular weight is 208 g/mol. The molecule has 78 valence electrons. The lowest BCUT2D eigenvalue weighted by molar-refractivity contribution is 0.473. The van der Waals surface area contributed by atoms with Crippen molar-refractivity contribution in [3.63, 3.8) is 0 Å². The van der Waals surface area contributed by atoms with E-state index in [2.05, 4.69) is 24.3 Å². The molecule has 0 saturated carbocycles. The minimum atomic E-state index is 0.281. The Hall–Kier alpha value is -2.02. The maximum absolute atomic E-state index is 9.74. The van der Waals surface area contributed by atoms with Crippen molar-refractivity contribution in [3.05, 3.63) is 71.3 Å². The second-order valence-electron chi connectivity index (χ2n) is 4.03. The number of benzene rings is 2. The molecule has 0 radical (unpaired) electrons. The number of rotatable bonds is 1. The molecule has 3 rings (SSSR count). The summed E-state index contributed by atoms with van der Waals surface area (Å²) in [6.45, 7) is 0. The quantitative estimate of drug-likeness (QED) is 0.759. The van der Waals surface area contributed by atoms with Crippen molar-refractivity contribution in [2.24, 2.45) is 0 Å². The van der Waals surface area contributed by atoms with Crippen LogP contribution in [0.15, 0.2) is 54.6 Å². The lowest BCUT2D eigenvalue weighted by atomic mass is 9.93. The summed E-state index contributed by atoms with van der Waals surface area (Å²) >= 11 is 0. The zero-order chi connectivity index (χ0) is 11.0. The Morgan fingerprint density at radius 2 is 1.69 bits per heavy atom. The number of fused-ring (bicyclic) bond motifs is 1. The molecule has 2 aromatic rings. The van der Waals surface area contributed by atoms with Crippen molar-refractivity contribution >= 4 is 6.08 Å². The molecule has 0 fully saturated rings. The Morgan fingerprint density at radius 1 is 0.875 bits per heavy atom. The summed E-state index contributed by atoms with van der Waals surface area (Å²) in [5, 5.41) is 9.74. The van der Waals surface area contributed by atoms with Crippen LogP contribution in [0, 0.1) is 0 Å².